The van der Waals surface area contributed by atoms with Gasteiger partial charge in [-0.2, -0.15) is 0 Å². The van der Waals surface area contributed by atoms with Gasteiger partial charge in [0, 0.05) is 0 Å². The van der Waals surface area contributed by atoms with E-state index >= 15 is 0 Å². The molecule has 1 rings (SSSR count). The Morgan fingerprint density at radius 3 is 1.42 bits per heavy atom. The van der Waals surface area contributed by atoms with Gasteiger partial charge in [0.25, 0.3) is 0 Å². The Kier molecular flexibility index (Phi) is 15.4. The largest absolute Gasteiger partial charge is 0.299 e. The van der Waals surface area contributed by atoms with Crippen LogP contribution in [0.5, 0.6) is 0 Å². The van der Waals surface area contributed by atoms with Crippen LogP contribution in [0.1, 0.15) is 74.7 Å². The number of allylic oxidation sites excluding steroid dienone is 24. The Morgan fingerprint density at radius 1 is 0.605 bits per heavy atom. The molecule has 202 valence electrons. The zero-order chi connectivity index (χ0) is 28.4. The minimum absolute atomic E-state index is 0.282. The van der Waals surface area contributed by atoms with Crippen LogP contribution in [0.2, 0.25) is 0 Å². The minimum Gasteiger partial charge on any atom is -0.299 e. The van der Waals surface area contributed by atoms with Crippen molar-refractivity contribution in [1.82, 2.24) is 0 Å². The van der Waals surface area contributed by atoms with Crippen LogP contribution < -0.4 is 0 Å². The summed E-state index contributed by atoms with van der Waals surface area (Å²) >= 11 is 0. The van der Waals surface area contributed by atoms with E-state index in [1.165, 1.54) is 53.2 Å². The maximum atomic E-state index is 10.3. The molecule has 0 saturated heterocycles. The summed E-state index contributed by atoms with van der Waals surface area (Å²) in [7, 11) is 0. The molecule has 0 unspecified atom stereocenters. The first-order valence-corrected chi connectivity index (χ1v) is 13.6. The molecule has 0 heterocycles. The predicted octanol–water partition coefficient (Wildman–Crippen LogP) is 10.8. The van der Waals surface area contributed by atoms with E-state index in [0.29, 0.717) is 0 Å². The van der Waals surface area contributed by atoms with Gasteiger partial charge >= 0.3 is 0 Å². The monoisotopic (exact) mass is 508 g/mol. The number of hydrogen-bond donors (Lipinski definition) is 0. The Labute approximate surface area is 233 Å². The Bertz CT molecular complexity index is 1150. The molecule has 1 nitrogen and oxygen atoms in total. The van der Waals surface area contributed by atoms with Crippen LogP contribution in [-0.4, -0.2) is 6.29 Å². The average Bonchev–Trinajstić information content (AvgIpc) is 2.84. The zero-order valence-corrected chi connectivity index (χ0v) is 24.9. The Balaban J connectivity index is 2.62. The van der Waals surface area contributed by atoms with Gasteiger partial charge in [-0.25, -0.2) is 0 Å². The second-order valence-electron chi connectivity index (χ2n) is 10.8. The molecule has 0 aromatic carbocycles. The molecule has 0 atom stereocenters. The summed E-state index contributed by atoms with van der Waals surface area (Å²) < 4.78 is 0. The molecule has 0 amide bonds. The van der Waals surface area contributed by atoms with Crippen LogP contribution in [-0.2, 0) is 4.79 Å². The van der Waals surface area contributed by atoms with E-state index in [9.17, 15) is 4.79 Å². The minimum atomic E-state index is 0.282. The van der Waals surface area contributed by atoms with Crippen LogP contribution in [0.3, 0.4) is 0 Å². The number of aldehydes is 1. The van der Waals surface area contributed by atoms with Gasteiger partial charge in [0.05, 0.1) is 0 Å². The van der Waals surface area contributed by atoms with Gasteiger partial charge in [0.15, 0.2) is 0 Å². The summed E-state index contributed by atoms with van der Waals surface area (Å²) in [5.74, 6) is 0. The van der Waals surface area contributed by atoms with Gasteiger partial charge < -0.3 is 0 Å². The molecule has 0 fully saturated rings. The smallest absolute Gasteiger partial charge is 0.142 e. The van der Waals surface area contributed by atoms with Crippen molar-refractivity contribution in [3.8, 4) is 0 Å². The fourth-order valence-electron chi connectivity index (χ4n) is 4.16. The topological polar surface area (TPSA) is 17.1 Å². The predicted molar refractivity (Wildman–Crippen MR) is 170 cm³/mol. The first kappa shape index (κ1) is 32.6. The molecule has 0 aromatic rings. The third-order valence-electron chi connectivity index (χ3n) is 6.48. The molecule has 0 aromatic heterocycles. The molecular weight excluding hydrogens is 460 g/mol. The van der Waals surface area contributed by atoms with Gasteiger partial charge in [-0.15, -0.1) is 0 Å². The molecule has 0 saturated carbocycles. The summed E-state index contributed by atoms with van der Waals surface area (Å²) in [4.78, 5) is 10.3. The number of hydrogen-bond acceptors (Lipinski definition) is 1. The van der Waals surface area contributed by atoms with Crippen molar-refractivity contribution in [2.45, 2.75) is 74.7 Å². The maximum Gasteiger partial charge on any atom is 0.142 e. The molecule has 0 radical (unpaired) electrons. The lowest BCUT2D eigenvalue weighted by atomic mass is 9.72. The molecule has 0 spiro atoms. The van der Waals surface area contributed by atoms with Crippen LogP contribution in [0.15, 0.2) is 142 Å². The number of rotatable bonds is 12. The lowest BCUT2D eigenvalue weighted by Gasteiger charge is -2.32. The lowest BCUT2D eigenvalue weighted by Crippen LogP contribution is -2.19. The quantitative estimate of drug-likeness (QED) is 0.145. The van der Waals surface area contributed by atoms with Crippen LogP contribution in [0.4, 0.5) is 0 Å². The standard InChI is InChI=1S/C37H48O/c1-30(18-11-20-32(3)21-12-22-33(4)24-15-29-38)16-9-10-17-31(2)19-13-23-34(5)26-27-36-35(6)25-14-28-37(36,7)8/h9-13,15-24,26-27,29H,14,25,28H2,1-8H3/b10-9-,18-11+,19-13+,21-12-,24-15-,27-26+,30-16+,31-17+,32-20+,33-22-,34-23-. The molecule has 0 bridgehead atoms. The van der Waals surface area contributed by atoms with Gasteiger partial charge in [-0.1, -0.05) is 145 Å². The van der Waals surface area contributed by atoms with Crippen molar-refractivity contribution in [2.75, 3.05) is 0 Å². The second kappa shape index (κ2) is 17.9. The average molecular weight is 509 g/mol. The SMILES string of the molecule is CC1=C(/C=C/C(C)=C\C=C\C(C)=C\C=C/C=C(C)/C=C/C=C(C)/C=C\C=C(C)/C=C\C=O)C(C)(C)CCC1. The van der Waals surface area contributed by atoms with E-state index in [2.05, 4.69) is 121 Å². The molecular formula is C37H48O. The Hall–Kier alpha value is -3.45. The number of carbonyl (C=O) groups excluding carboxylic acids is 1. The second-order valence-corrected chi connectivity index (χ2v) is 10.8. The highest BCUT2D eigenvalue weighted by Gasteiger charge is 2.26. The normalized spacial score (nSPS) is 19.1. The van der Waals surface area contributed by atoms with E-state index in [1.54, 1.807) is 6.08 Å². The summed E-state index contributed by atoms with van der Waals surface area (Å²) in [5, 5.41) is 0. The third-order valence-corrected chi connectivity index (χ3v) is 6.48. The van der Waals surface area contributed by atoms with E-state index in [4.69, 9.17) is 0 Å². The molecule has 38 heavy (non-hydrogen) atoms. The van der Waals surface area contributed by atoms with Crippen LogP contribution in [0, 0.1) is 5.41 Å². The van der Waals surface area contributed by atoms with Crippen molar-refractivity contribution in [1.29, 1.82) is 0 Å². The third kappa shape index (κ3) is 14.3. The molecule has 1 aliphatic rings. The van der Waals surface area contributed by atoms with Gasteiger partial charge in [-0.3, -0.25) is 4.79 Å². The van der Waals surface area contributed by atoms with Crippen molar-refractivity contribution in [2.24, 2.45) is 5.41 Å². The Morgan fingerprint density at radius 2 is 1.00 bits per heavy atom. The van der Waals surface area contributed by atoms with Crippen molar-refractivity contribution < 1.29 is 4.79 Å². The zero-order valence-electron chi connectivity index (χ0n) is 24.9. The lowest BCUT2D eigenvalue weighted by molar-refractivity contribution is -0.104. The van der Waals surface area contributed by atoms with Gasteiger partial charge in [0.1, 0.15) is 6.29 Å². The van der Waals surface area contributed by atoms with Crippen LogP contribution in [0.25, 0.3) is 0 Å². The highest BCUT2D eigenvalue weighted by molar-refractivity contribution is 5.65. The fraction of sp³-hybridized carbons (Fsp3) is 0.324. The molecule has 0 aliphatic heterocycles. The summed E-state index contributed by atoms with van der Waals surface area (Å²) in [6.07, 6.45) is 39.5. The van der Waals surface area contributed by atoms with Crippen molar-refractivity contribution >= 4 is 6.29 Å². The van der Waals surface area contributed by atoms with E-state index in [-0.39, 0.29) is 5.41 Å². The van der Waals surface area contributed by atoms with Crippen molar-refractivity contribution in [3.63, 3.8) is 0 Å². The summed E-state index contributed by atoms with van der Waals surface area (Å²) in [6, 6.07) is 0. The first-order valence-electron chi connectivity index (χ1n) is 13.6. The van der Waals surface area contributed by atoms with Crippen molar-refractivity contribution in [3.05, 3.63) is 142 Å². The maximum absolute atomic E-state index is 10.3. The van der Waals surface area contributed by atoms with Gasteiger partial charge in [0.2, 0.25) is 0 Å². The number of carbonyl (C=O) groups is 1. The molecule has 1 aliphatic carbocycles. The fourth-order valence-corrected chi connectivity index (χ4v) is 4.16. The summed E-state index contributed by atoms with van der Waals surface area (Å²) in [5.41, 5.74) is 9.17. The summed E-state index contributed by atoms with van der Waals surface area (Å²) in [6.45, 7) is 17.4. The van der Waals surface area contributed by atoms with E-state index in [0.717, 1.165) is 17.4 Å². The molecule has 1 heteroatoms. The highest BCUT2D eigenvalue weighted by Crippen LogP contribution is 2.40. The van der Waals surface area contributed by atoms with E-state index in [1.807, 2.05) is 25.2 Å². The van der Waals surface area contributed by atoms with E-state index < -0.39 is 0 Å². The molecule has 0 N–H and O–H groups in total. The highest BCUT2D eigenvalue weighted by atomic mass is 16.1. The first-order chi connectivity index (χ1) is 18.0. The van der Waals surface area contributed by atoms with Gasteiger partial charge in [-0.05, 0) is 77.9 Å². The van der Waals surface area contributed by atoms with Crippen LogP contribution >= 0.6 is 0 Å².